The monoisotopic (exact) mass is 454 g/mol. The molecular weight excluding hydrogens is 424 g/mol. The predicted octanol–water partition coefficient (Wildman–Crippen LogP) is 3.25. The van der Waals surface area contributed by atoms with Gasteiger partial charge in [0.25, 0.3) is 11.8 Å². The number of thiophene rings is 1. The van der Waals surface area contributed by atoms with Gasteiger partial charge < -0.3 is 16.0 Å². The van der Waals surface area contributed by atoms with E-state index in [9.17, 15) is 14.4 Å². The van der Waals surface area contributed by atoms with Crippen molar-refractivity contribution in [1.82, 2.24) is 15.5 Å². The van der Waals surface area contributed by atoms with E-state index in [1.165, 1.54) is 11.3 Å². The van der Waals surface area contributed by atoms with Gasteiger partial charge in [0.2, 0.25) is 5.91 Å². The molecule has 3 amide bonds. The van der Waals surface area contributed by atoms with Gasteiger partial charge in [-0.05, 0) is 49.3 Å². The Bertz CT molecular complexity index is 932. The van der Waals surface area contributed by atoms with Gasteiger partial charge in [-0.3, -0.25) is 19.3 Å². The topological polar surface area (TPSA) is 90.5 Å². The standard InChI is InChI=1S/C24H30N4O3S/c29-22(16-28-13-11-18(12-14-28)26-24(31)21-10-5-15-32-21)27-20-9-4-3-8-19(20)23(30)25-17-6-1-2-7-17/h3-5,8-10,15,17-18H,1-2,6-7,11-14,16H2,(H,25,30)(H,26,31)(H,27,29). The molecule has 0 radical (unpaired) electrons. The Morgan fingerprint density at radius 3 is 2.28 bits per heavy atom. The summed E-state index contributed by atoms with van der Waals surface area (Å²) in [6.45, 7) is 1.75. The lowest BCUT2D eigenvalue weighted by Crippen LogP contribution is -2.46. The van der Waals surface area contributed by atoms with Crippen LogP contribution < -0.4 is 16.0 Å². The quantitative estimate of drug-likeness (QED) is 0.599. The smallest absolute Gasteiger partial charge is 0.261 e. The second-order valence-electron chi connectivity index (χ2n) is 8.55. The molecule has 2 fully saturated rings. The second kappa shape index (κ2) is 10.7. The van der Waals surface area contributed by atoms with Crippen LogP contribution in [0.4, 0.5) is 5.69 Å². The van der Waals surface area contributed by atoms with Crippen LogP contribution >= 0.6 is 11.3 Å². The number of hydrogen-bond acceptors (Lipinski definition) is 5. The van der Waals surface area contributed by atoms with E-state index in [-0.39, 0.29) is 36.3 Å². The van der Waals surface area contributed by atoms with Gasteiger partial charge in [-0.2, -0.15) is 0 Å². The van der Waals surface area contributed by atoms with Gasteiger partial charge >= 0.3 is 0 Å². The molecule has 32 heavy (non-hydrogen) atoms. The van der Waals surface area contributed by atoms with Crippen molar-refractivity contribution >= 4 is 34.7 Å². The molecule has 2 aliphatic rings. The predicted molar refractivity (Wildman–Crippen MR) is 126 cm³/mol. The number of amides is 3. The Morgan fingerprint density at radius 2 is 1.56 bits per heavy atom. The van der Waals surface area contributed by atoms with E-state index in [0.717, 1.165) is 56.5 Å². The van der Waals surface area contributed by atoms with Crippen LogP contribution in [-0.4, -0.2) is 54.3 Å². The molecule has 1 aliphatic heterocycles. The molecule has 1 aromatic carbocycles. The molecule has 1 aliphatic carbocycles. The summed E-state index contributed by atoms with van der Waals surface area (Å²) in [5, 5.41) is 11.0. The fraction of sp³-hybridized carbons (Fsp3) is 0.458. The van der Waals surface area contributed by atoms with Gasteiger partial charge in [0, 0.05) is 25.2 Å². The van der Waals surface area contributed by atoms with Crippen LogP contribution in [0.15, 0.2) is 41.8 Å². The maximum Gasteiger partial charge on any atom is 0.261 e. The minimum atomic E-state index is -0.132. The molecular formula is C24H30N4O3S. The molecule has 1 saturated carbocycles. The van der Waals surface area contributed by atoms with E-state index in [0.29, 0.717) is 11.3 Å². The zero-order valence-corrected chi connectivity index (χ0v) is 19.0. The van der Waals surface area contributed by atoms with Crippen LogP contribution in [0, 0.1) is 0 Å². The van der Waals surface area contributed by atoms with Gasteiger partial charge in [0.15, 0.2) is 0 Å². The molecule has 0 atom stereocenters. The summed E-state index contributed by atoms with van der Waals surface area (Å²) in [7, 11) is 0. The van der Waals surface area contributed by atoms with Gasteiger partial charge in [-0.15, -0.1) is 11.3 Å². The van der Waals surface area contributed by atoms with Crippen molar-refractivity contribution in [2.75, 3.05) is 25.0 Å². The third-order valence-corrected chi connectivity index (χ3v) is 7.04. The van der Waals surface area contributed by atoms with Crippen LogP contribution in [-0.2, 0) is 4.79 Å². The highest BCUT2D eigenvalue weighted by Crippen LogP contribution is 2.20. The molecule has 3 N–H and O–H groups in total. The Hall–Kier alpha value is -2.71. The first kappa shape index (κ1) is 22.5. The number of hydrogen-bond donors (Lipinski definition) is 3. The lowest BCUT2D eigenvalue weighted by molar-refractivity contribution is -0.117. The summed E-state index contributed by atoms with van der Waals surface area (Å²) >= 11 is 1.44. The Balaban J connectivity index is 1.25. The van der Waals surface area contributed by atoms with E-state index in [2.05, 4.69) is 20.9 Å². The Kier molecular flexibility index (Phi) is 7.55. The molecule has 2 heterocycles. The highest BCUT2D eigenvalue weighted by Gasteiger charge is 2.24. The number of anilines is 1. The maximum atomic E-state index is 12.7. The molecule has 1 aromatic heterocycles. The van der Waals surface area contributed by atoms with Crippen molar-refractivity contribution in [3.05, 3.63) is 52.2 Å². The molecule has 7 nitrogen and oxygen atoms in total. The molecule has 0 spiro atoms. The summed E-state index contributed by atoms with van der Waals surface area (Å²) in [6.07, 6.45) is 5.96. The van der Waals surface area contributed by atoms with E-state index < -0.39 is 0 Å². The van der Waals surface area contributed by atoms with E-state index in [1.807, 2.05) is 29.6 Å². The van der Waals surface area contributed by atoms with Crippen molar-refractivity contribution in [3.63, 3.8) is 0 Å². The van der Waals surface area contributed by atoms with E-state index >= 15 is 0 Å². The molecule has 0 bridgehead atoms. The molecule has 2 aromatic rings. The highest BCUT2D eigenvalue weighted by molar-refractivity contribution is 7.12. The second-order valence-corrected chi connectivity index (χ2v) is 9.50. The van der Waals surface area contributed by atoms with E-state index in [4.69, 9.17) is 0 Å². The zero-order valence-electron chi connectivity index (χ0n) is 18.1. The number of carbonyl (C=O) groups excluding carboxylic acids is 3. The third kappa shape index (κ3) is 5.95. The fourth-order valence-corrected chi connectivity index (χ4v) is 5.04. The number of carbonyl (C=O) groups is 3. The largest absolute Gasteiger partial charge is 0.349 e. The van der Waals surface area contributed by atoms with Gasteiger partial charge in [0.1, 0.15) is 0 Å². The van der Waals surface area contributed by atoms with Crippen molar-refractivity contribution in [1.29, 1.82) is 0 Å². The normalized spacial score (nSPS) is 17.8. The van der Waals surface area contributed by atoms with E-state index in [1.54, 1.807) is 12.1 Å². The molecule has 4 rings (SSSR count). The lowest BCUT2D eigenvalue weighted by Gasteiger charge is -2.31. The maximum absolute atomic E-state index is 12.7. The summed E-state index contributed by atoms with van der Waals surface area (Å²) in [6, 6.07) is 11.2. The molecule has 8 heteroatoms. The van der Waals surface area contributed by atoms with Crippen LogP contribution in [0.2, 0.25) is 0 Å². The van der Waals surface area contributed by atoms with Gasteiger partial charge in [-0.1, -0.05) is 31.0 Å². The first-order valence-electron chi connectivity index (χ1n) is 11.3. The summed E-state index contributed by atoms with van der Waals surface area (Å²) in [4.78, 5) is 40.4. The number of piperidine rings is 1. The third-order valence-electron chi connectivity index (χ3n) is 6.17. The van der Waals surface area contributed by atoms with Crippen molar-refractivity contribution < 1.29 is 14.4 Å². The molecule has 1 saturated heterocycles. The van der Waals surface area contributed by atoms with Crippen LogP contribution in [0.5, 0.6) is 0 Å². The summed E-state index contributed by atoms with van der Waals surface area (Å²) in [5.74, 6) is -0.286. The van der Waals surface area contributed by atoms with Crippen molar-refractivity contribution in [3.8, 4) is 0 Å². The van der Waals surface area contributed by atoms with Crippen LogP contribution in [0.1, 0.15) is 58.6 Å². The first-order valence-corrected chi connectivity index (χ1v) is 12.2. The summed E-state index contributed by atoms with van der Waals surface area (Å²) < 4.78 is 0. The number of nitrogens with zero attached hydrogens (tertiary/aromatic N) is 1. The number of nitrogens with one attached hydrogen (secondary N) is 3. The van der Waals surface area contributed by atoms with Crippen molar-refractivity contribution in [2.45, 2.75) is 50.6 Å². The SMILES string of the molecule is O=C(CN1CCC(NC(=O)c2cccs2)CC1)Nc1ccccc1C(=O)NC1CCCC1. The van der Waals surface area contributed by atoms with Crippen molar-refractivity contribution in [2.24, 2.45) is 0 Å². The fourth-order valence-electron chi connectivity index (χ4n) is 4.42. The van der Waals surface area contributed by atoms with Gasteiger partial charge in [-0.25, -0.2) is 0 Å². The minimum absolute atomic E-state index is 0.0244. The number of para-hydroxylation sites is 1. The number of benzene rings is 1. The number of rotatable bonds is 7. The first-order chi connectivity index (χ1) is 15.6. The number of likely N-dealkylation sites (tertiary alicyclic amines) is 1. The van der Waals surface area contributed by atoms with Crippen LogP contribution in [0.25, 0.3) is 0 Å². The zero-order chi connectivity index (χ0) is 22.3. The average Bonchev–Trinajstić information content (AvgIpc) is 3.50. The Labute approximate surface area is 192 Å². The molecule has 170 valence electrons. The molecule has 0 unspecified atom stereocenters. The minimum Gasteiger partial charge on any atom is -0.349 e. The highest BCUT2D eigenvalue weighted by atomic mass is 32.1. The average molecular weight is 455 g/mol. The summed E-state index contributed by atoms with van der Waals surface area (Å²) in [5.41, 5.74) is 1.05. The van der Waals surface area contributed by atoms with Gasteiger partial charge in [0.05, 0.1) is 22.7 Å². The lowest BCUT2D eigenvalue weighted by atomic mass is 10.0. The Morgan fingerprint density at radius 1 is 0.875 bits per heavy atom. The van der Waals surface area contributed by atoms with Crippen LogP contribution in [0.3, 0.4) is 0 Å².